The average molecular weight is 394 g/mol. The van der Waals surface area contributed by atoms with E-state index < -0.39 is 19.9 Å². The van der Waals surface area contributed by atoms with Crippen molar-refractivity contribution in [2.45, 2.75) is 29.1 Å². The summed E-state index contributed by atoms with van der Waals surface area (Å²) >= 11 is 0. The lowest BCUT2D eigenvalue weighted by atomic mass is 9.91. The Labute approximate surface area is 155 Å². The van der Waals surface area contributed by atoms with Gasteiger partial charge in [0.05, 0.1) is 9.79 Å². The first kappa shape index (κ1) is 19.1. The van der Waals surface area contributed by atoms with Gasteiger partial charge in [-0.25, -0.2) is 16.8 Å². The van der Waals surface area contributed by atoms with Crippen LogP contribution in [0.15, 0.2) is 64.4 Å². The summed E-state index contributed by atoms with van der Waals surface area (Å²) < 4.78 is 50.1. The SMILES string of the molecule is CS(=O)(=O)c1ccc(S(=O)(=O)N2CCC(Cc3ccccc3)CC2)cc1. The van der Waals surface area contributed by atoms with Crippen LogP contribution in [-0.2, 0) is 26.3 Å². The van der Waals surface area contributed by atoms with Crippen LogP contribution in [0.25, 0.3) is 0 Å². The molecule has 0 amide bonds. The molecule has 0 atom stereocenters. The predicted octanol–water partition coefficient (Wildman–Crippen LogP) is 2.73. The van der Waals surface area contributed by atoms with Crippen LogP contribution in [0.4, 0.5) is 0 Å². The van der Waals surface area contributed by atoms with Crippen LogP contribution >= 0.6 is 0 Å². The van der Waals surface area contributed by atoms with Crippen molar-refractivity contribution in [2.75, 3.05) is 19.3 Å². The van der Waals surface area contributed by atoms with Crippen LogP contribution in [-0.4, -0.2) is 40.5 Å². The number of piperidine rings is 1. The fourth-order valence-corrected chi connectivity index (χ4v) is 5.41. The Morgan fingerprint density at radius 3 is 1.92 bits per heavy atom. The summed E-state index contributed by atoms with van der Waals surface area (Å²) in [6.45, 7) is 0.987. The highest BCUT2D eigenvalue weighted by Crippen LogP contribution is 2.26. The highest BCUT2D eigenvalue weighted by atomic mass is 32.2. The normalized spacial score (nSPS) is 17.3. The zero-order valence-corrected chi connectivity index (χ0v) is 16.3. The summed E-state index contributed by atoms with van der Waals surface area (Å²) in [4.78, 5) is 0.268. The Hall–Kier alpha value is -1.70. The Morgan fingerprint density at radius 2 is 1.38 bits per heavy atom. The minimum absolute atomic E-state index is 0.123. The third-order valence-corrected chi connectivity index (χ3v) is 7.87. The molecule has 1 fully saturated rings. The monoisotopic (exact) mass is 393 g/mol. The topological polar surface area (TPSA) is 71.5 Å². The summed E-state index contributed by atoms with van der Waals surface area (Å²) in [5, 5.41) is 0. The molecule has 0 aliphatic carbocycles. The third-order valence-electron chi connectivity index (χ3n) is 4.83. The summed E-state index contributed by atoms with van der Waals surface area (Å²) in [5.41, 5.74) is 1.28. The van der Waals surface area contributed by atoms with E-state index in [2.05, 4.69) is 12.1 Å². The largest absolute Gasteiger partial charge is 0.243 e. The summed E-state index contributed by atoms with van der Waals surface area (Å²) in [7, 11) is -6.92. The van der Waals surface area contributed by atoms with Crippen molar-refractivity contribution >= 4 is 19.9 Å². The Kier molecular flexibility index (Phi) is 5.50. The smallest absolute Gasteiger partial charge is 0.224 e. The highest BCUT2D eigenvalue weighted by molar-refractivity contribution is 7.90. The van der Waals surface area contributed by atoms with E-state index in [0.29, 0.717) is 19.0 Å². The number of sulfone groups is 1. The number of benzene rings is 2. The maximum atomic E-state index is 12.8. The van der Waals surface area contributed by atoms with E-state index >= 15 is 0 Å². The number of hydrogen-bond donors (Lipinski definition) is 0. The summed E-state index contributed by atoms with van der Waals surface area (Å²) in [5.74, 6) is 0.483. The molecular weight excluding hydrogens is 370 g/mol. The maximum Gasteiger partial charge on any atom is 0.243 e. The minimum Gasteiger partial charge on any atom is -0.224 e. The first-order valence-electron chi connectivity index (χ1n) is 8.61. The van der Waals surface area contributed by atoms with E-state index in [1.807, 2.05) is 18.2 Å². The molecule has 7 heteroatoms. The number of hydrogen-bond acceptors (Lipinski definition) is 4. The summed E-state index contributed by atoms with van der Waals surface area (Å²) in [6.07, 6.45) is 3.73. The first-order valence-corrected chi connectivity index (χ1v) is 11.9. The van der Waals surface area contributed by atoms with Crippen molar-refractivity contribution in [1.82, 2.24) is 4.31 Å². The zero-order chi connectivity index (χ0) is 18.8. The van der Waals surface area contributed by atoms with E-state index in [9.17, 15) is 16.8 Å². The Balaban J connectivity index is 1.66. The lowest BCUT2D eigenvalue weighted by molar-refractivity contribution is 0.273. The second-order valence-electron chi connectivity index (χ2n) is 6.78. The lowest BCUT2D eigenvalue weighted by Gasteiger charge is -2.31. The van der Waals surface area contributed by atoms with Gasteiger partial charge in [0.1, 0.15) is 0 Å². The molecule has 0 spiro atoms. The third kappa shape index (κ3) is 4.34. The van der Waals surface area contributed by atoms with Crippen LogP contribution in [0.2, 0.25) is 0 Å². The highest BCUT2D eigenvalue weighted by Gasteiger charge is 2.29. The van der Waals surface area contributed by atoms with Gasteiger partial charge in [-0.1, -0.05) is 30.3 Å². The van der Waals surface area contributed by atoms with E-state index in [1.165, 1.54) is 34.1 Å². The first-order chi connectivity index (χ1) is 12.3. The molecule has 0 bridgehead atoms. The minimum atomic E-state index is -3.58. The maximum absolute atomic E-state index is 12.8. The predicted molar refractivity (Wildman–Crippen MR) is 101 cm³/mol. The molecule has 1 aliphatic rings. The van der Waals surface area contributed by atoms with Crippen molar-refractivity contribution in [2.24, 2.45) is 5.92 Å². The molecule has 26 heavy (non-hydrogen) atoms. The molecule has 0 saturated carbocycles. The molecule has 5 nitrogen and oxygen atoms in total. The molecule has 0 radical (unpaired) electrons. The van der Waals surface area contributed by atoms with Gasteiger partial charge in [-0.05, 0) is 55.0 Å². The van der Waals surface area contributed by atoms with Crippen molar-refractivity contribution < 1.29 is 16.8 Å². The van der Waals surface area contributed by atoms with Gasteiger partial charge in [0.25, 0.3) is 0 Å². The van der Waals surface area contributed by atoms with Crippen molar-refractivity contribution in [3.8, 4) is 0 Å². The molecule has 140 valence electrons. The Morgan fingerprint density at radius 1 is 0.846 bits per heavy atom. The average Bonchev–Trinajstić information content (AvgIpc) is 2.62. The van der Waals surface area contributed by atoms with E-state index in [1.54, 1.807) is 0 Å². The number of sulfonamides is 1. The van der Waals surface area contributed by atoms with Crippen molar-refractivity contribution in [3.05, 3.63) is 60.2 Å². The molecule has 0 N–H and O–H groups in total. The molecule has 3 rings (SSSR count). The van der Waals surface area contributed by atoms with Gasteiger partial charge in [-0.15, -0.1) is 0 Å². The zero-order valence-electron chi connectivity index (χ0n) is 14.7. The van der Waals surface area contributed by atoms with Gasteiger partial charge in [0.15, 0.2) is 9.84 Å². The fourth-order valence-electron chi connectivity index (χ4n) is 3.31. The van der Waals surface area contributed by atoms with Crippen LogP contribution in [0.5, 0.6) is 0 Å². The standard InChI is InChI=1S/C19H23NO4S2/c1-25(21,22)18-7-9-19(10-8-18)26(23,24)20-13-11-17(12-14-20)15-16-5-3-2-4-6-16/h2-10,17H,11-15H2,1H3. The summed E-state index contributed by atoms with van der Waals surface area (Å²) in [6, 6.07) is 15.7. The van der Waals surface area contributed by atoms with E-state index in [-0.39, 0.29) is 9.79 Å². The molecule has 0 unspecified atom stereocenters. The van der Waals surface area contributed by atoms with E-state index in [4.69, 9.17) is 0 Å². The van der Waals surface area contributed by atoms with E-state index in [0.717, 1.165) is 25.5 Å². The van der Waals surface area contributed by atoms with Crippen molar-refractivity contribution in [1.29, 1.82) is 0 Å². The van der Waals surface area contributed by atoms with Gasteiger partial charge >= 0.3 is 0 Å². The van der Waals surface area contributed by atoms with Crippen LogP contribution < -0.4 is 0 Å². The van der Waals surface area contributed by atoms with Gasteiger partial charge in [-0.2, -0.15) is 4.31 Å². The van der Waals surface area contributed by atoms with Gasteiger partial charge in [-0.3, -0.25) is 0 Å². The molecule has 0 aromatic heterocycles. The molecule has 1 aliphatic heterocycles. The molecule has 2 aromatic carbocycles. The van der Waals surface area contributed by atoms with Crippen LogP contribution in [0.1, 0.15) is 18.4 Å². The Bertz CT molecular complexity index is 944. The van der Waals surface area contributed by atoms with Gasteiger partial charge in [0.2, 0.25) is 10.0 Å². The second kappa shape index (κ2) is 7.50. The molecule has 1 heterocycles. The quantitative estimate of drug-likeness (QED) is 0.783. The number of rotatable bonds is 5. The molecule has 1 saturated heterocycles. The second-order valence-corrected chi connectivity index (χ2v) is 10.7. The molecular formula is C19H23NO4S2. The van der Waals surface area contributed by atoms with Crippen molar-refractivity contribution in [3.63, 3.8) is 0 Å². The number of nitrogens with zero attached hydrogens (tertiary/aromatic N) is 1. The van der Waals surface area contributed by atoms with Crippen LogP contribution in [0.3, 0.4) is 0 Å². The van der Waals surface area contributed by atoms with Gasteiger partial charge in [0, 0.05) is 19.3 Å². The lowest BCUT2D eigenvalue weighted by Crippen LogP contribution is -2.38. The van der Waals surface area contributed by atoms with Gasteiger partial charge < -0.3 is 0 Å². The fraction of sp³-hybridized carbons (Fsp3) is 0.368. The van der Waals surface area contributed by atoms with Crippen LogP contribution in [0, 0.1) is 5.92 Å². The molecule has 2 aromatic rings.